The lowest BCUT2D eigenvalue weighted by Crippen LogP contribution is -2.72. The Hall–Kier alpha value is -1.68. The number of amides is 2. The minimum atomic E-state index is -3.42. The minimum absolute atomic E-state index is 0.0297. The highest BCUT2D eigenvalue weighted by molar-refractivity contribution is 7.92. The standard InChI is InChI=1S/C16H23FN4O4S/c17-12-5-18-21(6-12)7-14-8-25-16(11-26(14,23)24)9-20(10-16)15(22)19-13-3-1-2-4-13/h5-6,13-14H,1-4,7-11H2,(H,19,22)/t14-/m0/s1. The summed E-state index contributed by atoms with van der Waals surface area (Å²) in [6.45, 7) is 0.665. The van der Waals surface area contributed by atoms with Gasteiger partial charge in [-0.25, -0.2) is 17.6 Å². The molecule has 3 fully saturated rings. The summed E-state index contributed by atoms with van der Waals surface area (Å²) >= 11 is 0. The maximum Gasteiger partial charge on any atom is 0.317 e. The molecule has 1 N–H and O–H groups in total. The molecule has 1 atom stereocenters. The highest BCUT2D eigenvalue weighted by Crippen LogP contribution is 2.33. The van der Waals surface area contributed by atoms with Gasteiger partial charge >= 0.3 is 6.03 Å². The molecule has 4 rings (SSSR count). The fourth-order valence-corrected chi connectivity index (χ4v) is 5.91. The second-order valence-corrected chi connectivity index (χ2v) is 9.87. The number of carbonyl (C=O) groups excluding carboxylic acids is 1. The number of nitrogens with one attached hydrogen (secondary N) is 1. The van der Waals surface area contributed by atoms with Crippen LogP contribution in [-0.2, 0) is 21.1 Å². The third kappa shape index (κ3) is 3.44. The third-order valence-corrected chi connectivity index (χ3v) is 7.70. The lowest BCUT2D eigenvalue weighted by molar-refractivity contribution is -0.118. The topological polar surface area (TPSA) is 93.5 Å². The lowest BCUT2D eigenvalue weighted by atomic mass is 9.96. The summed E-state index contributed by atoms with van der Waals surface area (Å²) in [6, 6.07) is 0.0894. The maximum absolute atomic E-state index is 13.0. The van der Waals surface area contributed by atoms with E-state index in [1.54, 1.807) is 4.90 Å². The van der Waals surface area contributed by atoms with Crippen LogP contribution in [0.4, 0.5) is 9.18 Å². The second-order valence-electron chi connectivity index (χ2n) is 7.59. The molecule has 2 aliphatic heterocycles. The SMILES string of the molecule is O=C(NC1CCCC1)N1CC2(C1)CS(=O)(=O)[C@@H](Cn1cc(F)cn1)CO2. The van der Waals surface area contributed by atoms with Crippen LogP contribution in [0.15, 0.2) is 12.4 Å². The van der Waals surface area contributed by atoms with Crippen molar-refractivity contribution in [1.29, 1.82) is 0 Å². The molecular weight excluding hydrogens is 363 g/mol. The number of hydrogen-bond acceptors (Lipinski definition) is 5. The van der Waals surface area contributed by atoms with E-state index in [0.717, 1.165) is 31.9 Å². The summed E-state index contributed by atoms with van der Waals surface area (Å²) in [4.78, 5) is 13.8. The van der Waals surface area contributed by atoms with Crippen molar-refractivity contribution in [3.05, 3.63) is 18.2 Å². The van der Waals surface area contributed by atoms with Crippen molar-refractivity contribution in [3.8, 4) is 0 Å². The molecule has 1 aromatic rings. The van der Waals surface area contributed by atoms with Crippen LogP contribution >= 0.6 is 0 Å². The van der Waals surface area contributed by atoms with E-state index in [1.807, 2.05) is 0 Å². The van der Waals surface area contributed by atoms with E-state index in [2.05, 4.69) is 10.4 Å². The minimum Gasteiger partial charge on any atom is -0.369 e. The van der Waals surface area contributed by atoms with E-state index < -0.39 is 26.5 Å². The van der Waals surface area contributed by atoms with Crippen LogP contribution in [0.3, 0.4) is 0 Å². The molecule has 1 saturated carbocycles. The van der Waals surface area contributed by atoms with Gasteiger partial charge in [-0.3, -0.25) is 4.68 Å². The Morgan fingerprint density at radius 3 is 2.73 bits per heavy atom. The van der Waals surface area contributed by atoms with Gasteiger partial charge in [-0.15, -0.1) is 0 Å². The number of ether oxygens (including phenoxy) is 1. The van der Waals surface area contributed by atoms with Crippen LogP contribution in [0, 0.1) is 5.82 Å². The monoisotopic (exact) mass is 386 g/mol. The molecule has 0 radical (unpaired) electrons. The van der Waals surface area contributed by atoms with Crippen molar-refractivity contribution < 1.29 is 22.3 Å². The number of nitrogens with zero attached hydrogens (tertiary/aromatic N) is 3. The lowest BCUT2D eigenvalue weighted by Gasteiger charge is -2.52. The van der Waals surface area contributed by atoms with Gasteiger partial charge < -0.3 is 15.0 Å². The number of carbonyl (C=O) groups is 1. The van der Waals surface area contributed by atoms with Crippen LogP contribution in [0.25, 0.3) is 0 Å². The zero-order valence-electron chi connectivity index (χ0n) is 14.4. The molecule has 3 aliphatic rings. The smallest absolute Gasteiger partial charge is 0.317 e. The molecule has 144 valence electrons. The van der Waals surface area contributed by atoms with Crippen LogP contribution in [-0.4, -0.2) is 71.5 Å². The van der Waals surface area contributed by atoms with Crippen LogP contribution in [0.5, 0.6) is 0 Å². The predicted molar refractivity (Wildman–Crippen MR) is 90.8 cm³/mol. The highest BCUT2D eigenvalue weighted by Gasteiger charge is 2.54. The van der Waals surface area contributed by atoms with Crippen molar-refractivity contribution in [2.24, 2.45) is 0 Å². The Kier molecular flexibility index (Phi) is 4.42. The zero-order valence-corrected chi connectivity index (χ0v) is 15.3. The van der Waals surface area contributed by atoms with Crippen molar-refractivity contribution in [2.75, 3.05) is 25.4 Å². The number of aromatic nitrogens is 2. The maximum atomic E-state index is 13.0. The number of halogens is 1. The summed E-state index contributed by atoms with van der Waals surface area (Å²) in [5.41, 5.74) is -0.808. The van der Waals surface area contributed by atoms with Gasteiger partial charge in [-0.05, 0) is 12.8 Å². The molecule has 0 aromatic carbocycles. The Balaban J connectivity index is 1.32. The fourth-order valence-electron chi connectivity index (χ4n) is 4.02. The average Bonchev–Trinajstić information content (AvgIpc) is 3.18. The fraction of sp³-hybridized carbons (Fsp3) is 0.750. The Morgan fingerprint density at radius 1 is 1.38 bits per heavy atom. The van der Waals surface area contributed by atoms with E-state index in [1.165, 1.54) is 10.9 Å². The molecule has 3 heterocycles. The van der Waals surface area contributed by atoms with E-state index in [9.17, 15) is 17.6 Å². The summed E-state index contributed by atoms with van der Waals surface area (Å²) in [7, 11) is -3.42. The molecule has 0 bridgehead atoms. The van der Waals surface area contributed by atoms with E-state index >= 15 is 0 Å². The third-order valence-electron chi connectivity index (χ3n) is 5.47. The average molecular weight is 386 g/mol. The molecule has 1 aliphatic carbocycles. The molecule has 8 nitrogen and oxygen atoms in total. The van der Waals surface area contributed by atoms with Gasteiger partial charge in [0.2, 0.25) is 0 Å². The molecule has 0 unspecified atom stereocenters. The number of hydrogen-bond donors (Lipinski definition) is 1. The van der Waals surface area contributed by atoms with Gasteiger partial charge in [0.1, 0.15) is 10.9 Å². The quantitative estimate of drug-likeness (QED) is 0.819. The van der Waals surface area contributed by atoms with Crippen molar-refractivity contribution >= 4 is 15.9 Å². The van der Waals surface area contributed by atoms with Crippen molar-refractivity contribution in [2.45, 2.75) is 49.1 Å². The summed E-state index contributed by atoms with van der Waals surface area (Å²) in [5, 5.41) is 6.04. The molecule has 2 saturated heterocycles. The van der Waals surface area contributed by atoms with Crippen LogP contribution in [0.1, 0.15) is 25.7 Å². The van der Waals surface area contributed by atoms with Gasteiger partial charge in [-0.2, -0.15) is 5.10 Å². The Labute approximate surface area is 151 Å². The molecule has 1 aromatic heterocycles. The summed E-state index contributed by atoms with van der Waals surface area (Å²) in [6.07, 6.45) is 6.50. The van der Waals surface area contributed by atoms with Crippen LogP contribution < -0.4 is 5.32 Å². The van der Waals surface area contributed by atoms with Crippen molar-refractivity contribution in [1.82, 2.24) is 20.0 Å². The Morgan fingerprint density at radius 2 is 2.12 bits per heavy atom. The normalized spacial score (nSPS) is 27.4. The van der Waals surface area contributed by atoms with Gasteiger partial charge in [-0.1, -0.05) is 12.8 Å². The van der Waals surface area contributed by atoms with Crippen molar-refractivity contribution in [3.63, 3.8) is 0 Å². The van der Waals surface area contributed by atoms with E-state index in [-0.39, 0.29) is 44.1 Å². The van der Waals surface area contributed by atoms with E-state index in [0.29, 0.717) is 0 Å². The number of urea groups is 1. The molecular formula is C16H23FN4O4S. The van der Waals surface area contributed by atoms with Gasteiger partial charge in [0, 0.05) is 6.04 Å². The van der Waals surface area contributed by atoms with Gasteiger partial charge in [0.25, 0.3) is 0 Å². The van der Waals surface area contributed by atoms with Crippen LogP contribution in [0.2, 0.25) is 0 Å². The molecule has 10 heteroatoms. The number of sulfone groups is 1. The predicted octanol–water partition coefficient (Wildman–Crippen LogP) is 0.542. The largest absolute Gasteiger partial charge is 0.369 e. The summed E-state index contributed by atoms with van der Waals surface area (Å²) in [5.74, 6) is -0.625. The number of likely N-dealkylation sites (tertiary alicyclic amines) is 1. The second kappa shape index (κ2) is 6.49. The number of rotatable bonds is 3. The highest BCUT2D eigenvalue weighted by atomic mass is 32.2. The Bertz CT molecular complexity index is 784. The van der Waals surface area contributed by atoms with Gasteiger partial charge in [0.15, 0.2) is 15.7 Å². The molecule has 1 spiro atoms. The van der Waals surface area contributed by atoms with Gasteiger partial charge in [0.05, 0.1) is 44.4 Å². The molecule has 26 heavy (non-hydrogen) atoms. The first-order valence-corrected chi connectivity index (χ1v) is 10.7. The molecule has 2 amide bonds. The summed E-state index contributed by atoms with van der Waals surface area (Å²) < 4.78 is 45.4. The first-order valence-electron chi connectivity index (χ1n) is 8.94. The first kappa shape index (κ1) is 17.7. The van der Waals surface area contributed by atoms with E-state index in [4.69, 9.17) is 4.74 Å². The first-order chi connectivity index (χ1) is 12.4. The zero-order chi connectivity index (χ0) is 18.4.